The molecule has 2 aromatic carbocycles. The zero-order valence-corrected chi connectivity index (χ0v) is 18.1. The molecule has 0 atom stereocenters. The van der Waals surface area contributed by atoms with Gasteiger partial charge >= 0.3 is 5.51 Å². The highest BCUT2D eigenvalue weighted by atomic mass is 32.2. The first-order chi connectivity index (χ1) is 16.0. The molecule has 0 aliphatic carbocycles. The van der Waals surface area contributed by atoms with Crippen LogP contribution in [0, 0.1) is 17.1 Å². The average Bonchev–Trinajstić information content (AvgIpc) is 3.11. The molecule has 0 spiro atoms. The number of carbonyl (C=O) groups is 1. The molecule has 0 bridgehead atoms. The minimum atomic E-state index is -5.50. The summed E-state index contributed by atoms with van der Waals surface area (Å²) >= 11 is 0. The quantitative estimate of drug-likeness (QED) is 0.383. The van der Waals surface area contributed by atoms with Crippen molar-refractivity contribution in [2.24, 2.45) is 0 Å². The molecule has 34 heavy (non-hydrogen) atoms. The van der Waals surface area contributed by atoms with Crippen molar-refractivity contribution in [3.63, 3.8) is 0 Å². The molecule has 0 aliphatic heterocycles. The van der Waals surface area contributed by atoms with E-state index >= 15 is 0 Å². The Bertz CT molecular complexity index is 1340. The first kappa shape index (κ1) is 24.7. The minimum Gasteiger partial charge on any atom is -0.382 e. The average molecular weight is 495 g/mol. The van der Waals surface area contributed by atoms with Crippen molar-refractivity contribution in [3.8, 4) is 11.8 Å². The zero-order chi connectivity index (χ0) is 25.1. The van der Waals surface area contributed by atoms with E-state index < -0.39 is 32.0 Å². The number of aromatic nitrogens is 2. The number of aryl methyl sites for hydroxylation is 1. The second-order valence-electron chi connectivity index (χ2n) is 7.04. The summed E-state index contributed by atoms with van der Waals surface area (Å²) in [5.74, 6) is -0.975. The second kappa shape index (κ2) is 9.52. The molecule has 3 N–H and O–H groups in total. The van der Waals surface area contributed by atoms with Crippen LogP contribution in [-0.2, 0) is 16.3 Å². The van der Waals surface area contributed by atoms with Crippen LogP contribution in [-0.4, -0.2) is 36.2 Å². The number of sulfone groups is 1. The van der Waals surface area contributed by atoms with Crippen molar-refractivity contribution in [2.75, 3.05) is 12.3 Å². The van der Waals surface area contributed by atoms with E-state index in [-0.39, 0.29) is 29.9 Å². The fraction of sp³-hybridized carbons (Fsp3) is 0.190. The number of nitrogen functional groups attached to an aromatic ring is 1. The molecule has 0 unspecified atom stereocenters. The van der Waals surface area contributed by atoms with Gasteiger partial charge in [0.1, 0.15) is 23.3 Å². The zero-order valence-electron chi connectivity index (χ0n) is 17.3. The molecule has 3 aromatic rings. The van der Waals surface area contributed by atoms with E-state index in [9.17, 15) is 36.0 Å². The fourth-order valence-corrected chi connectivity index (χ4v) is 3.79. The van der Waals surface area contributed by atoms with Gasteiger partial charge in [0.15, 0.2) is 0 Å². The number of alkyl halides is 3. The minimum absolute atomic E-state index is 0.0244. The number of halogens is 4. The highest BCUT2D eigenvalue weighted by Crippen LogP contribution is 2.30. The standard InChI is InChI=1S/C21H17F4N5O3S/c22-14-5-7-15(8-6-14)30-19(27)17(12-26)18(29-30)2-1-11-28-20(31)13-3-9-16(10-4-13)34(32,33)21(23,24)25/h3-10H,1-2,11,27H2,(H,28,31). The Morgan fingerprint density at radius 2 is 1.74 bits per heavy atom. The lowest BCUT2D eigenvalue weighted by molar-refractivity contribution is -0.0436. The lowest BCUT2D eigenvalue weighted by atomic mass is 10.1. The highest BCUT2D eigenvalue weighted by Gasteiger charge is 2.46. The van der Waals surface area contributed by atoms with Gasteiger partial charge in [0, 0.05) is 12.1 Å². The molecule has 0 saturated carbocycles. The van der Waals surface area contributed by atoms with E-state index in [1.54, 1.807) is 0 Å². The lowest BCUT2D eigenvalue weighted by Crippen LogP contribution is -2.25. The van der Waals surface area contributed by atoms with Crippen molar-refractivity contribution in [3.05, 3.63) is 71.2 Å². The third-order valence-corrected chi connectivity index (χ3v) is 6.29. The first-order valence-electron chi connectivity index (χ1n) is 9.68. The van der Waals surface area contributed by atoms with Crippen LogP contribution in [0.3, 0.4) is 0 Å². The molecule has 0 radical (unpaired) electrons. The number of anilines is 1. The topological polar surface area (TPSA) is 131 Å². The van der Waals surface area contributed by atoms with Gasteiger partial charge in [-0.2, -0.15) is 23.5 Å². The highest BCUT2D eigenvalue weighted by molar-refractivity contribution is 7.92. The van der Waals surface area contributed by atoms with Crippen molar-refractivity contribution in [1.29, 1.82) is 5.26 Å². The van der Waals surface area contributed by atoms with E-state index in [2.05, 4.69) is 10.4 Å². The molecular weight excluding hydrogens is 478 g/mol. The van der Waals surface area contributed by atoms with Gasteiger partial charge in [-0.1, -0.05) is 0 Å². The summed E-state index contributed by atoms with van der Waals surface area (Å²) in [5.41, 5.74) is 1.51. The van der Waals surface area contributed by atoms with E-state index in [0.29, 0.717) is 29.9 Å². The Kier molecular flexibility index (Phi) is 6.92. The third-order valence-electron chi connectivity index (χ3n) is 4.78. The van der Waals surface area contributed by atoms with Crippen LogP contribution in [0.4, 0.5) is 23.4 Å². The van der Waals surface area contributed by atoms with E-state index in [1.165, 1.54) is 28.9 Å². The maximum absolute atomic E-state index is 13.1. The number of hydrogen-bond donors (Lipinski definition) is 2. The number of hydrogen-bond acceptors (Lipinski definition) is 6. The molecule has 8 nitrogen and oxygen atoms in total. The van der Waals surface area contributed by atoms with Crippen LogP contribution in [0.25, 0.3) is 5.69 Å². The summed E-state index contributed by atoms with van der Waals surface area (Å²) in [6.45, 7) is 0.135. The number of rotatable bonds is 7. The number of nitriles is 1. The number of nitrogens with one attached hydrogen (secondary N) is 1. The van der Waals surface area contributed by atoms with Crippen molar-refractivity contribution < 1.29 is 30.8 Å². The summed E-state index contributed by atoms with van der Waals surface area (Å²) in [5, 5.41) is 16.2. The van der Waals surface area contributed by atoms with Gasteiger partial charge in [-0.05, 0) is 61.4 Å². The number of amides is 1. The van der Waals surface area contributed by atoms with Gasteiger partial charge in [-0.3, -0.25) is 4.79 Å². The lowest BCUT2D eigenvalue weighted by Gasteiger charge is -2.09. The van der Waals surface area contributed by atoms with E-state index in [0.717, 1.165) is 12.1 Å². The molecule has 13 heteroatoms. The predicted molar refractivity (Wildman–Crippen MR) is 113 cm³/mol. The van der Waals surface area contributed by atoms with Crippen molar-refractivity contribution >= 4 is 21.6 Å². The maximum atomic E-state index is 13.1. The smallest absolute Gasteiger partial charge is 0.382 e. The first-order valence-corrected chi connectivity index (χ1v) is 11.2. The van der Waals surface area contributed by atoms with Crippen LogP contribution in [0.1, 0.15) is 28.0 Å². The van der Waals surface area contributed by atoms with Crippen LogP contribution in [0.5, 0.6) is 0 Å². The third kappa shape index (κ3) is 5.01. The molecule has 1 amide bonds. The second-order valence-corrected chi connectivity index (χ2v) is 8.98. The summed E-state index contributed by atoms with van der Waals surface area (Å²) in [6, 6.07) is 10.7. The van der Waals surface area contributed by atoms with Gasteiger partial charge < -0.3 is 11.1 Å². The normalized spacial score (nSPS) is 11.7. The van der Waals surface area contributed by atoms with Crippen LogP contribution in [0.2, 0.25) is 0 Å². The number of nitrogens with zero attached hydrogens (tertiary/aromatic N) is 3. The monoisotopic (exact) mass is 495 g/mol. The van der Waals surface area contributed by atoms with Crippen molar-refractivity contribution in [1.82, 2.24) is 15.1 Å². The molecule has 0 aliphatic rings. The number of nitrogens with two attached hydrogens (primary N) is 1. The molecule has 178 valence electrons. The molecule has 0 saturated heterocycles. The fourth-order valence-electron chi connectivity index (χ4n) is 3.03. The largest absolute Gasteiger partial charge is 0.501 e. The molecule has 1 heterocycles. The Balaban J connectivity index is 1.61. The molecule has 3 rings (SSSR count). The van der Waals surface area contributed by atoms with E-state index in [4.69, 9.17) is 5.73 Å². The van der Waals surface area contributed by atoms with Gasteiger partial charge in [-0.25, -0.2) is 17.5 Å². The van der Waals surface area contributed by atoms with Crippen LogP contribution < -0.4 is 11.1 Å². The summed E-state index contributed by atoms with van der Waals surface area (Å²) < 4.78 is 75.0. The van der Waals surface area contributed by atoms with Gasteiger partial charge in [0.2, 0.25) is 0 Å². The van der Waals surface area contributed by atoms with Gasteiger partial charge in [-0.15, -0.1) is 0 Å². The Labute approximate surface area is 191 Å². The molecule has 0 fully saturated rings. The van der Waals surface area contributed by atoms with E-state index in [1.807, 2.05) is 6.07 Å². The van der Waals surface area contributed by atoms with Crippen LogP contribution >= 0.6 is 0 Å². The number of benzene rings is 2. The predicted octanol–water partition coefficient (Wildman–Crippen LogP) is 3.12. The van der Waals surface area contributed by atoms with Gasteiger partial charge in [0.05, 0.1) is 16.3 Å². The Morgan fingerprint density at radius 3 is 2.29 bits per heavy atom. The van der Waals surface area contributed by atoms with Crippen molar-refractivity contribution in [2.45, 2.75) is 23.2 Å². The molecular formula is C21H17F4N5O3S. The van der Waals surface area contributed by atoms with Crippen LogP contribution in [0.15, 0.2) is 53.4 Å². The Hall–Kier alpha value is -3.92. The SMILES string of the molecule is N#Cc1c(CCCNC(=O)c2ccc(S(=O)(=O)C(F)(F)F)cc2)nn(-c2ccc(F)cc2)c1N. The summed E-state index contributed by atoms with van der Waals surface area (Å²) in [6.07, 6.45) is 0.616. The Morgan fingerprint density at radius 1 is 1.12 bits per heavy atom. The number of carbonyl (C=O) groups excluding carboxylic acids is 1. The summed E-state index contributed by atoms with van der Waals surface area (Å²) in [7, 11) is -5.50. The van der Waals surface area contributed by atoms with Gasteiger partial charge in [0.25, 0.3) is 15.7 Å². The maximum Gasteiger partial charge on any atom is 0.501 e. The molecule has 1 aromatic heterocycles. The summed E-state index contributed by atoms with van der Waals surface area (Å²) in [4.78, 5) is 11.2.